The van der Waals surface area contributed by atoms with Gasteiger partial charge in [-0.1, -0.05) is 30.3 Å². The molecule has 0 radical (unpaired) electrons. The lowest BCUT2D eigenvalue weighted by Crippen LogP contribution is -2.49. The zero-order valence-electron chi connectivity index (χ0n) is 14.9. The van der Waals surface area contributed by atoms with Gasteiger partial charge in [-0.3, -0.25) is 9.69 Å². The molecule has 7 heteroatoms. The van der Waals surface area contributed by atoms with Crippen molar-refractivity contribution in [1.82, 2.24) is 29.9 Å². The molecule has 25 heavy (non-hydrogen) atoms. The monoisotopic (exact) mass is 342 g/mol. The lowest BCUT2D eigenvalue weighted by atomic mass is 10.0. The van der Waals surface area contributed by atoms with E-state index in [0.717, 1.165) is 26.2 Å². The number of rotatable bonds is 6. The number of aromatic nitrogens is 3. The third kappa shape index (κ3) is 4.43. The average molecular weight is 342 g/mol. The third-order valence-corrected chi connectivity index (χ3v) is 4.79. The van der Waals surface area contributed by atoms with Crippen LogP contribution in [0.5, 0.6) is 0 Å². The Balaban J connectivity index is 1.55. The van der Waals surface area contributed by atoms with Crippen molar-refractivity contribution in [3.05, 3.63) is 48.5 Å². The number of carbonyl (C=O) groups excluding carboxylic acids is 1. The Morgan fingerprint density at radius 1 is 1.32 bits per heavy atom. The predicted octanol–water partition coefficient (Wildman–Crippen LogP) is 0.944. The summed E-state index contributed by atoms with van der Waals surface area (Å²) in [5.41, 5.74) is 1.33. The zero-order chi connectivity index (χ0) is 17.6. The van der Waals surface area contributed by atoms with Crippen molar-refractivity contribution in [2.75, 3.05) is 39.8 Å². The first-order valence-corrected chi connectivity index (χ1v) is 8.74. The number of piperazine rings is 1. The number of carbonyl (C=O) groups is 1. The number of hydrogen-bond donors (Lipinski definition) is 1. The summed E-state index contributed by atoms with van der Waals surface area (Å²) in [6.45, 7) is 6.35. The summed E-state index contributed by atoms with van der Waals surface area (Å²) in [4.78, 5) is 21.0. The van der Waals surface area contributed by atoms with Crippen LogP contribution >= 0.6 is 0 Å². The molecule has 1 saturated heterocycles. The zero-order valence-corrected chi connectivity index (χ0v) is 14.9. The molecular weight excluding hydrogens is 316 g/mol. The number of hydrogen-bond acceptors (Lipinski definition) is 5. The normalized spacial score (nSPS) is 20.3. The molecule has 7 nitrogen and oxygen atoms in total. The number of nitrogens with zero attached hydrogens (tertiary/aromatic N) is 5. The molecule has 1 aromatic heterocycles. The Labute approximate surface area is 148 Å². The molecule has 1 aliphatic rings. The first kappa shape index (κ1) is 17.6. The van der Waals surface area contributed by atoms with Gasteiger partial charge in [0, 0.05) is 38.8 Å². The van der Waals surface area contributed by atoms with Crippen LogP contribution < -0.4 is 5.32 Å². The van der Waals surface area contributed by atoms with E-state index in [0.29, 0.717) is 12.6 Å². The van der Waals surface area contributed by atoms with Crippen molar-refractivity contribution >= 4 is 5.91 Å². The van der Waals surface area contributed by atoms with E-state index >= 15 is 0 Å². The van der Waals surface area contributed by atoms with E-state index in [9.17, 15) is 4.79 Å². The lowest BCUT2D eigenvalue weighted by Gasteiger charge is -2.40. The van der Waals surface area contributed by atoms with E-state index in [1.807, 2.05) is 13.0 Å². The minimum Gasteiger partial charge on any atom is -0.353 e. The minimum atomic E-state index is -0.347. The fourth-order valence-electron chi connectivity index (χ4n) is 3.22. The van der Waals surface area contributed by atoms with Crippen molar-refractivity contribution < 1.29 is 4.79 Å². The highest BCUT2D eigenvalue weighted by Gasteiger charge is 2.26. The summed E-state index contributed by atoms with van der Waals surface area (Å²) in [5, 5.41) is 7.04. The maximum atomic E-state index is 12.3. The largest absolute Gasteiger partial charge is 0.353 e. The molecule has 1 aromatic carbocycles. The summed E-state index contributed by atoms with van der Waals surface area (Å²) in [6, 6.07) is 10.6. The maximum absolute atomic E-state index is 12.3. The molecular formula is C18H26N6O. The van der Waals surface area contributed by atoms with Crippen molar-refractivity contribution in [3.8, 4) is 0 Å². The van der Waals surface area contributed by atoms with Gasteiger partial charge in [-0.05, 0) is 19.5 Å². The Kier molecular flexibility index (Phi) is 5.78. The van der Waals surface area contributed by atoms with E-state index in [1.54, 1.807) is 11.0 Å². The maximum Gasteiger partial charge on any atom is 0.244 e. The SMILES string of the molecule is CC(C(=O)NCCN1CCN(C)CC1c1ccccc1)n1cncn1. The smallest absolute Gasteiger partial charge is 0.244 e. The molecule has 0 spiro atoms. The van der Waals surface area contributed by atoms with Crippen LogP contribution in [0, 0.1) is 0 Å². The van der Waals surface area contributed by atoms with Crippen LogP contribution in [0.25, 0.3) is 0 Å². The highest BCUT2D eigenvalue weighted by atomic mass is 16.2. The molecule has 0 bridgehead atoms. The number of likely N-dealkylation sites (N-methyl/N-ethyl adjacent to an activating group) is 1. The van der Waals surface area contributed by atoms with E-state index in [4.69, 9.17) is 0 Å². The highest BCUT2D eigenvalue weighted by molar-refractivity contribution is 5.79. The second kappa shape index (κ2) is 8.22. The molecule has 2 heterocycles. The van der Waals surface area contributed by atoms with Gasteiger partial charge in [0.25, 0.3) is 0 Å². The fourth-order valence-corrected chi connectivity index (χ4v) is 3.22. The van der Waals surface area contributed by atoms with Gasteiger partial charge in [-0.15, -0.1) is 0 Å². The second-order valence-electron chi connectivity index (χ2n) is 6.57. The molecule has 1 N–H and O–H groups in total. The van der Waals surface area contributed by atoms with Crippen molar-refractivity contribution in [2.24, 2.45) is 0 Å². The number of benzene rings is 1. The van der Waals surface area contributed by atoms with Crippen LogP contribution in [0.3, 0.4) is 0 Å². The lowest BCUT2D eigenvalue weighted by molar-refractivity contribution is -0.124. The van der Waals surface area contributed by atoms with Crippen molar-refractivity contribution in [2.45, 2.75) is 19.0 Å². The molecule has 2 aromatic rings. The first-order valence-electron chi connectivity index (χ1n) is 8.74. The third-order valence-electron chi connectivity index (χ3n) is 4.79. The van der Waals surface area contributed by atoms with E-state index in [1.165, 1.54) is 11.9 Å². The summed E-state index contributed by atoms with van der Waals surface area (Å²) < 4.78 is 1.57. The van der Waals surface area contributed by atoms with Crippen LogP contribution in [0.1, 0.15) is 24.6 Å². The van der Waals surface area contributed by atoms with Gasteiger partial charge >= 0.3 is 0 Å². The van der Waals surface area contributed by atoms with Gasteiger partial charge in [0.05, 0.1) is 0 Å². The molecule has 1 amide bonds. The predicted molar refractivity (Wildman–Crippen MR) is 96.0 cm³/mol. The Hall–Kier alpha value is -2.25. The van der Waals surface area contributed by atoms with E-state index in [2.05, 4.69) is 56.5 Å². The summed E-state index contributed by atoms with van der Waals surface area (Å²) in [6.07, 6.45) is 3.01. The van der Waals surface area contributed by atoms with Gasteiger partial charge in [0.2, 0.25) is 5.91 Å². The van der Waals surface area contributed by atoms with Gasteiger partial charge in [0.15, 0.2) is 0 Å². The molecule has 3 rings (SSSR count). The van der Waals surface area contributed by atoms with Crippen LogP contribution in [0.2, 0.25) is 0 Å². The Bertz CT molecular complexity index is 659. The molecule has 1 aliphatic heterocycles. The molecule has 134 valence electrons. The van der Waals surface area contributed by atoms with Crippen LogP contribution in [0.15, 0.2) is 43.0 Å². The Morgan fingerprint density at radius 3 is 2.84 bits per heavy atom. The topological polar surface area (TPSA) is 66.3 Å². The molecule has 0 saturated carbocycles. The summed E-state index contributed by atoms with van der Waals surface area (Å²) >= 11 is 0. The van der Waals surface area contributed by atoms with Crippen molar-refractivity contribution in [1.29, 1.82) is 0 Å². The van der Waals surface area contributed by atoms with Gasteiger partial charge < -0.3 is 10.2 Å². The van der Waals surface area contributed by atoms with Crippen LogP contribution in [-0.4, -0.2) is 70.2 Å². The molecule has 0 aliphatic carbocycles. The highest BCUT2D eigenvalue weighted by Crippen LogP contribution is 2.24. The van der Waals surface area contributed by atoms with Gasteiger partial charge in [0.1, 0.15) is 18.7 Å². The molecule has 2 atom stereocenters. The van der Waals surface area contributed by atoms with Gasteiger partial charge in [-0.25, -0.2) is 9.67 Å². The summed E-state index contributed by atoms with van der Waals surface area (Å²) in [7, 11) is 2.16. The Morgan fingerprint density at radius 2 is 2.12 bits per heavy atom. The van der Waals surface area contributed by atoms with Crippen molar-refractivity contribution in [3.63, 3.8) is 0 Å². The van der Waals surface area contributed by atoms with Gasteiger partial charge in [-0.2, -0.15) is 5.10 Å². The minimum absolute atomic E-state index is 0.0316. The standard InChI is InChI=1S/C18H26N6O/c1-15(24-14-19-13-21-24)18(25)20-8-9-23-11-10-22(2)12-17(23)16-6-4-3-5-7-16/h3-7,13-15,17H,8-12H2,1-2H3,(H,20,25). The molecule has 2 unspecified atom stereocenters. The second-order valence-corrected chi connectivity index (χ2v) is 6.57. The fraction of sp³-hybridized carbons (Fsp3) is 0.500. The number of nitrogens with one attached hydrogen (secondary N) is 1. The summed E-state index contributed by atoms with van der Waals surface area (Å²) in [5.74, 6) is -0.0316. The quantitative estimate of drug-likeness (QED) is 0.846. The number of amides is 1. The van der Waals surface area contributed by atoms with E-state index < -0.39 is 0 Å². The van der Waals surface area contributed by atoms with Crippen LogP contribution in [-0.2, 0) is 4.79 Å². The van der Waals surface area contributed by atoms with Crippen LogP contribution in [0.4, 0.5) is 0 Å². The molecule has 1 fully saturated rings. The average Bonchev–Trinajstić information content (AvgIpc) is 3.17. The first-order chi connectivity index (χ1) is 12.1. The van der Waals surface area contributed by atoms with E-state index in [-0.39, 0.29) is 11.9 Å².